The molecule has 1 aliphatic carbocycles. The lowest BCUT2D eigenvalue weighted by atomic mass is 10.0. The maximum atomic E-state index is 12.5. The number of likely N-dealkylation sites (tertiary alicyclic amines) is 1. The van der Waals surface area contributed by atoms with Gasteiger partial charge in [0, 0.05) is 25.7 Å². The molecule has 0 unspecified atom stereocenters. The number of benzene rings is 1. The van der Waals surface area contributed by atoms with Crippen molar-refractivity contribution in [2.75, 3.05) is 26.2 Å². The van der Waals surface area contributed by atoms with Crippen molar-refractivity contribution in [3.05, 3.63) is 29.8 Å². The normalized spacial score (nSPS) is 20.0. The van der Waals surface area contributed by atoms with Crippen molar-refractivity contribution >= 4 is 5.91 Å². The van der Waals surface area contributed by atoms with Crippen LogP contribution in [0.2, 0.25) is 0 Å². The van der Waals surface area contributed by atoms with E-state index in [1.54, 1.807) is 0 Å². The average Bonchev–Trinajstić information content (AvgIpc) is 3.14. The first-order valence-corrected chi connectivity index (χ1v) is 9.72. The van der Waals surface area contributed by atoms with Crippen molar-refractivity contribution in [2.45, 2.75) is 50.7 Å². The second-order valence-electron chi connectivity index (χ2n) is 7.60. The molecule has 1 N–H and O–H groups in total. The first-order chi connectivity index (χ1) is 12.9. The van der Waals surface area contributed by atoms with Crippen LogP contribution in [0.5, 0.6) is 5.75 Å². The summed E-state index contributed by atoms with van der Waals surface area (Å²) in [5, 5.41) is 2.97. The molecule has 4 nitrogen and oxygen atoms in total. The molecule has 150 valence electrons. The van der Waals surface area contributed by atoms with Gasteiger partial charge in [-0.15, -0.1) is 0 Å². The minimum Gasteiger partial charge on any atom is -0.484 e. The lowest BCUT2D eigenvalue weighted by Gasteiger charge is -2.33. The topological polar surface area (TPSA) is 41.6 Å². The van der Waals surface area contributed by atoms with Gasteiger partial charge in [0.1, 0.15) is 5.75 Å². The molecular weight excluding hydrogens is 357 g/mol. The van der Waals surface area contributed by atoms with Gasteiger partial charge in [0.25, 0.3) is 5.91 Å². The van der Waals surface area contributed by atoms with Gasteiger partial charge in [-0.2, -0.15) is 13.2 Å². The Bertz CT molecular complexity index is 605. The lowest BCUT2D eigenvalue weighted by Crippen LogP contribution is -2.46. The van der Waals surface area contributed by atoms with Gasteiger partial charge in [-0.3, -0.25) is 4.79 Å². The standard InChI is InChI=1S/C20H27F3N2O2/c21-20(22,23)16-5-7-18(8-6-16)27-14-19(26)24-17-9-11-25(12-10-17)13-15-3-1-2-4-15/h5-8,15,17H,1-4,9-14H2,(H,24,26). The molecule has 0 aromatic heterocycles. The Morgan fingerprint density at radius 3 is 2.30 bits per heavy atom. The molecule has 0 radical (unpaired) electrons. The fraction of sp³-hybridized carbons (Fsp3) is 0.650. The lowest BCUT2D eigenvalue weighted by molar-refractivity contribution is -0.137. The third kappa shape index (κ3) is 6.13. The predicted octanol–water partition coefficient (Wildman–Crippen LogP) is 3.86. The fourth-order valence-corrected chi connectivity index (χ4v) is 3.98. The van der Waals surface area contributed by atoms with Crippen molar-refractivity contribution in [3.63, 3.8) is 0 Å². The van der Waals surface area contributed by atoms with Crippen LogP contribution in [-0.4, -0.2) is 43.1 Å². The summed E-state index contributed by atoms with van der Waals surface area (Å²) < 4.78 is 42.9. The van der Waals surface area contributed by atoms with Crippen LogP contribution < -0.4 is 10.1 Å². The van der Waals surface area contributed by atoms with E-state index in [0.29, 0.717) is 0 Å². The minimum atomic E-state index is -4.37. The third-order valence-corrected chi connectivity index (χ3v) is 5.50. The Morgan fingerprint density at radius 1 is 1.07 bits per heavy atom. The Hall–Kier alpha value is -1.76. The van der Waals surface area contributed by atoms with E-state index in [1.165, 1.54) is 44.4 Å². The Labute approximate surface area is 158 Å². The molecule has 0 atom stereocenters. The maximum absolute atomic E-state index is 12.5. The zero-order valence-electron chi connectivity index (χ0n) is 15.4. The molecule has 0 spiro atoms. The van der Waals surface area contributed by atoms with Crippen molar-refractivity contribution in [1.29, 1.82) is 0 Å². The highest BCUT2D eigenvalue weighted by Crippen LogP contribution is 2.30. The van der Waals surface area contributed by atoms with Gasteiger partial charge in [-0.05, 0) is 55.9 Å². The largest absolute Gasteiger partial charge is 0.484 e. The Balaban J connectivity index is 1.35. The molecule has 27 heavy (non-hydrogen) atoms. The van der Waals surface area contributed by atoms with Gasteiger partial charge in [0.15, 0.2) is 6.61 Å². The molecule has 2 aliphatic rings. The summed E-state index contributed by atoms with van der Waals surface area (Å²) in [5.74, 6) is 0.863. The number of nitrogens with zero attached hydrogens (tertiary/aromatic N) is 1. The summed E-state index contributed by atoms with van der Waals surface area (Å²) in [6.45, 7) is 2.99. The van der Waals surface area contributed by atoms with E-state index in [4.69, 9.17) is 4.74 Å². The summed E-state index contributed by atoms with van der Waals surface area (Å²) in [4.78, 5) is 14.5. The minimum absolute atomic E-state index is 0.147. The Morgan fingerprint density at radius 2 is 1.70 bits per heavy atom. The van der Waals surface area contributed by atoms with E-state index in [-0.39, 0.29) is 24.3 Å². The van der Waals surface area contributed by atoms with Crippen LogP contribution in [-0.2, 0) is 11.0 Å². The summed E-state index contributed by atoms with van der Waals surface area (Å²) in [6.07, 6.45) is 2.89. The molecule has 1 saturated heterocycles. The van der Waals surface area contributed by atoms with E-state index in [0.717, 1.165) is 44.0 Å². The van der Waals surface area contributed by atoms with Crippen molar-refractivity contribution in [2.24, 2.45) is 5.92 Å². The molecule has 7 heteroatoms. The van der Waals surface area contributed by atoms with Crippen LogP contribution >= 0.6 is 0 Å². The highest BCUT2D eigenvalue weighted by Gasteiger charge is 2.30. The number of nitrogens with one attached hydrogen (secondary N) is 1. The van der Waals surface area contributed by atoms with Crippen LogP contribution in [0.1, 0.15) is 44.1 Å². The number of rotatable bonds is 6. The van der Waals surface area contributed by atoms with Gasteiger partial charge in [-0.25, -0.2) is 0 Å². The van der Waals surface area contributed by atoms with E-state index >= 15 is 0 Å². The first kappa shape index (κ1) is 20.0. The van der Waals surface area contributed by atoms with Crippen LogP contribution in [0.3, 0.4) is 0 Å². The number of alkyl halides is 3. The summed E-state index contributed by atoms with van der Waals surface area (Å²) in [7, 11) is 0. The number of piperidine rings is 1. The summed E-state index contributed by atoms with van der Waals surface area (Å²) >= 11 is 0. The molecule has 1 heterocycles. The number of carbonyl (C=O) groups is 1. The molecule has 1 amide bonds. The summed E-state index contributed by atoms with van der Waals surface area (Å²) in [6, 6.07) is 4.52. The number of halogens is 3. The van der Waals surface area contributed by atoms with Gasteiger partial charge >= 0.3 is 6.18 Å². The molecular formula is C20H27F3N2O2. The maximum Gasteiger partial charge on any atom is 0.416 e. The molecule has 1 saturated carbocycles. The molecule has 1 aromatic rings. The van der Waals surface area contributed by atoms with E-state index in [9.17, 15) is 18.0 Å². The zero-order chi connectivity index (χ0) is 19.3. The van der Waals surface area contributed by atoms with Crippen molar-refractivity contribution < 1.29 is 22.7 Å². The quantitative estimate of drug-likeness (QED) is 0.810. The predicted molar refractivity (Wildman–Crippen MR) is 96.5 cm³/mol. The Kier molecular flexibility index (Phi) is 6.63. The highest BCUT2D eigenvalue weighted by atomic mass is 19.4. The van der Waals surface area contributed by atoms with Gasteiger partial charge in [-0.1, -0.05) is 12.8 Å². The van der Waals surface area contributed by atoms with Gasteiger partial charge in [0.2, 0.25) is 0 Å². The van der Waals surface area contributed by atoms with E-state index < -0.39 is 11.7 Å². The molecule has 3 rings (SSSR count). The van der Waals surface area contributed by atoms with E-state index in [1.807, 2.05) is 0 Å². The van der Waals surface area contributed by atoms with Crippen LogP contribution in [0, 0.1) is 5.92 Å². The number of hydrogen-bond acceptors (Lipinski definition) is 3. The molecule has 2 fully saturated rings. The fourth-order valence-electron chi connectivity index (χ4n) is 3.98. The number of carbonyl (C=O) groups excluding carboxylic acids is 1. The van der Waals surface area contributed by atoms with E-state index in [2.05, 4.69) is 10.2 Å². The first-order valence-electron chi connectivity index (χ1n) is 9.72. The van der Waals surface area contributed by atoms with Crippen LogP contribution in [0.25, 0.3) is 0 Å². The van der Waals surface area contributed by atoms with Crippen LogP contribution in [0.15, 0.2) is 24.3 Å². The second-order valence-corrected chi connectivity index (χ2v) is 7.60. The highest BCUT2D eigenvalue weighted by molar-refractivity contribution is 5.77. The number of hydrogen-bond donors (Lipinski definition) is 1. The second kappa shape index (κ2) is 8.95. The number of ether oxygens (including phenoxy) is 1. The molecule has 0 bridgehead atoms. The third-order valence-electron chi connectivity index (χ3n) is 5.50. The summed E-state index contributed by atoms with van der Waals surface area (Å²) in [5.41, 5.74) is -0.733. The van der Waals surface area contributed by atoms with Crippen molar-refractivity contribution in [1.82, 2.24) is 10.2 Å². The van der Waals surface area contributed by atoms with Crippen molar-refractivity contribution in [3.8, 4) is 5.75 Å². The smallest absolute Gasteiger partial charge is 0.416 e. The van der Waals surface area contributed by atoms with Crippen LogP contribution in [0.4, 0.5) is 13.2 Å². The van der Waals surface area contributed by atoms with Gasteiger partial charge < -0.3 is 15.0 Å². The average molecular weight is 384 g/mol. The number of amides is 1. The SMILES string of the molecule is O=C(COc1ccc(C(F)(F)F)cc1)NC1CCN(CC2CCCC2)CC1. The zero-order valence-corrected chi connectivity index (χ0v) is 15.4. The van der Waals surface area contributed by atoms with Gasteiger partial charge in [0.05, 0.1) is 5.56 Å². The molecule has 1 aromatic carbocycles. The monoisotopic (exact) mass is 384 g/mol. The molecule has 1 aliphatic heterocycles.